The molecular formula is C13H14O. The number of Topliss-reactive ketones (excluding diaryl/α,β-unsaturated/α-hetero) is 1. The maximum Gasteiger partial charge on any atom is 0.140 e. The Labute approximate surface area is 84.5 Å². The Morgan fingerprint density at radius 1 is 1.50 bits per heavy atom. The van der Waals surface area contributed by atoms with Gasteiger partial charge in [-0.3, -0.25) is 4.79 Å². The zero-order valence-corrected chi connectivity index (χ0v) is 8.20. The zero-order chi connectivity index (χ0) is 9.97. The topological polar surface area (TPSA) is 17.1 Å². The molecule has 1 aliphatic rings. The summed E-state index contributed by atoms with van der Waals surface area (Å²) < 4.78 is 0. The number of carbonyl (C=O) groups is 1. The van der Waals surface area contributed by atoms with Crippen molar-refractivity contribution in [3.63, 3.8) is 0 Å². The smallest absolute Gasteiger partial charge is 0.140 e. The highest BCUT2D eigenvalue weighted by Gasteiger charge is 2.30. The van der Waals surface area contributed by atoms with E-state index in [1.807, 2.05) is 18.2 Å². The van der Waals surface area contributed by atoms with E-state index in [1.54, 1.807) is 0 Å². The molecule has 0 bridgehead atoms. The third-order valence-electron chi connectivity index (χ3n) is 2.84. The van der Waals surface area contributed by atoms with E-state index >= 15 is 0 Å². The van der Waals surface area contributed by atoms with Gasteiger partial charge in [-0.25, -0.2) is 0 Å². The number of ketones is 1. The van der Waals surface area contributed by atoms with Crippen LogP contribution < -0.4 is 0 Å². The molecule has 0 saturated carbocycles. The molecule has 1 aromatic carbocycles. The van der Waals surface area contributed by atoms with Gasteiger partial charge >= 0.3 is 0 Å². The molecule has 0 N–H and O–H groups in total. The monoisotopic (exact) mass is 186 g/mol. The predicted octanol–water partition coefficient (Wildman–Crippen LogP) is 2.86. The van der Waals surface area contributed by atoms with Crippen molar-refractivity contribution in [2.75, 3.05) is 0 Å². The van der Waals surface area contributed by atoms with Gasteiger partial charge in [0.1, 0.15) is 5.78 Å². The van der Waals surface area contributed by atoms with Gasteiger partial charge in [-0.15, -0.1) is 6.58 Å². The minimum absolute atomic E-state index is 0.172. The van der Waals surface area contributed by atoms with Crippen molar-refractivity contribution in [1.82, 2.24) is 0 Å². The second kappa shape index (κ2) is 3.79. The van der Waals surface area contributed by atoms with Crippen LogP contribution in [0.25, 0.3) is 0 Å². The van der Waals surface area contributed by atoms with Crippen LogP contribution in [0.5, 0.6) is 0 Å². The molecular weight excluding hydrogens is 172 g/mol. The Bertz CT molecular complexity index is 365. The van der Waals surface area contributed by atoms with Gasteiger partial charge in [-0.2, -0.15) is 0 Å². The number of fused-ring (bicyclic) bond motifs is 1. The average Bonchev–Trinajstić information content (AvgIpc) is 2.17. The van der Waals surface area contributed by atoms with Crippen LogP contribution in [-0.4, -0.2) is 5.78 Å². The molecule has 1 heteroatoms. The highest BCUT2D eigenvalue weighted by atomic mass is 16.1. The highest BCUT2D eigenvalue weighted by Crippen LogP contribution is 2.36. The third kappa shape index (κ3) is 1.50. The Balaban J connectivity index is 2.04. The zero-order valence-electron chi connectivity index (χ0n) is 8.20. The fourth-order valence-corrected chi connectivity index (χ4v) is 1.96. The van der Waals surface area contributed by atoms with E-state index in [2.05, 4.69) is 18.7 Å². The SMILES string of the molecule is C=CCCC(=O)C1Cc2ccccc21. The summed E-state index contributed by atoms with van der Waals surface area (Å²) in [6, 6.07) is 8.21. The lowest BCUT2D eigenvalue weighted by atomic mass is 9.74. The summed E-state index contributed by atoms with van der Waals surface area (Å²) in [6.45, 7) is 3.63. The van der Waals surface area contributed by atoms with Gasteiger partial charge in [0.15, 0.2) is 0 Å². The quantitative estimate of drug-likeness (QED) is 0.661. The number of hydrogen-bond acceptors (Lipinski definition) is 1. The van der Waals surface area contributed by atoms with Crippen LogP contribution >= 0.6 is 0 Å². The van der Waals surface area contributed by atoms with E-state index in [1.165, 1.54) is 11.1 Å². The number of hydrogen-bond donors (Lipinski definition) is 0. The minimum atomic E-state index is 0.172. The van der Waals surface area contributed by atoms with Crippen molar-refractivity contribution in [2.45, 2.75) is 25.2 Å². The van der Waals surface area contributed by atoms with E-state index in [0.717, 1.165) is 12.8 Å². The van der Waals surface area contributed by atoms with E-state index < -0.39 is 0 Å². The van der Waals surface area contributed by atoms with E-state index in [9.17, 15) is 4.79 Å². The lowest BCUT2D eigenvalue weighted by molar-refractivity contribution is -0.120. The van der Waals surface area contributed by atoms with Crippen molar-refractivity contribution in [1.29, 1.82) is 0 Å². The standard InChI is InChI=1S/C13H14O/c1-2-3-8-13(14)12-9-10-6-4-5-7-11(10)12/h2,4-7,12H,1,3,8-9H2. The summed E-state index contributed by atoms with van der Waals surface area (Å²) in [5.41, 5.74) is 2.58. The van der Waals surface area contributed by atoms with E-state index in [0.29, 0.717) is 12.2 Å². The summed E-state index contributed by atoms with van der Waals surface area (Å²) in [4.78, 5) is 11.7. The van der Waals surface area contributed by atoms with Crippen LogP contribution in [0.3, 0.4) is 0 Å². The maximum absolute atomic E-state index is 11.7. The molecule has 1 unspecified atom stereocenters. The van der Waals surface area contributed by atoms with Crippen molar-refractivity contribution in [3.05, 3.63) is 48.0 Å². The minimum Gasteiger partial charge on any atom is -0.299 e. The van der Waals surface area contributed by atoms with E-state index in [-0.39, 0.29) is 5.92 Å². The molecule has 0 amide bonds. The fourth-order valence-electron chi connectivity index (χ4n) is 1.96. The summed E-state index contributed by atoms with van der Waals surface area (Å²) >= 11 is 0. The van der Waals surface area contributed by atoms with Crippen LogP contribution in [0.15, 0.2) is 36.9 Å². The maximum atomic E-state index is 11.7. The van der Waals surface area contributed by atoms with Crippen molar-refractivity contribution < 1.29 is 4.79 Å². The van der Waals surface area contributed by atoms with Crippen LogP contribution in [0.4, 0.5) is 0 Å². The molecule has 2 rings (SSSR count). The second-order valence-electron chi connectivity index (χ2n) is 3.75. The molecule has 0 aliphatic heterocycles. The number of rotatable bonds is 4. The molecule has 0 heterocycles. The van der Waals surface area contributed by atoms with Crippen molar-refractivity contribution >= 4 is 5.78 Å². The molecule has 0 aromatic heterocycles. The van der Waals surface area contributed by atoms with Crippen LogP contribution in [-0.2, 0) is 11.2 Å². The third-order valence-corrected chi connectivity index (χ3v) is 2.84. The van der Waals surface area contributed by atoms with Gasteiger partial charge in [0.05, 0.1) is 0 Å². The molecule has 1 aromatic rings. The summed E-state index contributed by atoms with van der Waals surface area (Å²) in [5, 5.41) is 0. The first-order valence-corrected chi connectivity index (χ1v) is 5.04. The summed E-state index contributed by atoms with van der Waals surface area (Å²) in [7, 11) is 0. The second-order valence-corrected chi connectivity index (χ2v) is 3.75. The molecule has 0 radical (unpaired) electrons. The Kier molecular flexibility index (Phi) is 2.49. The summed E-state index contributed by atoms with van der Waals surface area (Å²) in [6.07, 6.45) is 4.19. The van der Waals surface area contributed by atoms with Crippen molar-refractivity contribution in [2.24, 2.45) is 0 Å². The molecule has 0 saturated heterocycles. The molecule has 1 nitrogen and oxygen atoms in total. The van der Waals surface area contributed by atoms with Gasteiger partial charge in [0, 0.05) is 12.3 Å². The van der Waals surface area contributed by atoms with Gasteiger partial charge in [-0.05, 0) is 24.0 Å². The number of benzene rings is 1. The molecule has 0 fully saturated rings. The molecule has 72 valence electrons. The normalized spacial score (nSPS) is 18.1. The molecule has 14 heavy (non-hydrogen) atoms. The largest absolute Gasteiger partial charge is 0.299 e. The van der Waals surface area contributed by atoms with Crippen LogP contribution in [0.1, 0.15) is 29.9 Å². The summed E-state index contributed by atoms with van der Waals surface area (Å²) in [5.74, 6) is 0.537. The van der Waals surface area contributed by atoms with Crippen LogP contribution in [0.2, 0.25) is 0 Å². The molecule has 0 spiro atoms. The fraction of sp³-hybridized carbons (Fsp3) is 0.308. The number of carbonyl (C=O) groups excluding carboxylic acids is 1. The van der Waals surface area contributed by atoms with Crippen LogP contribution in [0, 0.1) is 0 Å². The van der Waals surface area contributed by atoms with Gasteiger partial charge < -0.3 is 0 Å². The molecule has 1 atom stereocenters. The highest BCUT2D eigenvalue weighted by molar-refractivity contribution is 5.88. The Hall–Kier alpha value is -1.37. The lowest BCUT2D eigenvalue weighted by Gasteiger charge is -2.28. The van der Waals surface area contributed by atoms with Crippen molar-refractivity contribution in [3.8, 4) is 0 Å². The van der Waals surface area contributed by atoms with Gasteiger partial charge in [0.2, 0.25) is 0 Å². The van der Waals surface area contributed by atoms with Gasteiger partial charge in [-0.1, -0.05) is 30.3 Å². The first-order valence-electron chi connectivity index (χ1n) is 5.04. The van der Waals surface area contributed by atoms with Gasteiger partial charge in [0.25, 0.3) is 0 Å². The average molecular weight is 186 g/mol. The first kappa shape index (κ1) is 9.20. The molecule has 1 aliphatic carbocycles. The predicted molar refractivity (Wildman–Crippen MR) is 57.3 cm³/mol. The number of allylic oxidation sites excluding steroid dienone is 1. The lowest BCUT2D eigenvalue weighted by Crippen LogP contribution is -2.24. The Morgan fingerprint density at radius 3 is 3.00 bits per heavy atom. The van der Waals surface area contributed by atoms with E-state index in [4.69, 9.17) is 0 Å². The first-order chi connectivity index (χ1) is 6.83. The Morgan fingerprint density at radius 2 is 2.29 bits per heavy atom.